The molecule has 4 nitrogen and oxygen atoms in total. The van der Waals surface area contributed by atoms with Crippen molar-refractivity contribution in [2.45, 2.75) is 44.4 Å². The summed E-state index contributed by atoms with van der Waals surface area (Å²) in [6.45, 7) is 3.47. The van der Waals surface area contributed by atoms with E-state index in [1.165, 1.54) is 6.92 Å². The molecule has 2 rings (SSSR count). The SMILES string of the molecule is CC(=O)O[C@H]1CCN2C[C@@H](N)CC[C@H]12. The molecule has 2 aliphatic rings. The highest BCUT2D eigenvalue weighted by Crippen LogP contribution is 2.28. The van der Waals surface area contributed by atoms with Crippen LogP contribution in [0.5, 0.6) is 0 Å². The van der Waals surface area contributed by atoms with Crippen molar-refractivity contribution < 1.29 is 9.53 Å². The molecule has 0 saturated carbocycles. The Hall–Kier alpha value is -0.610. The average molecular weight is 198 g/mol. The Morgan fingerprint density at radius 3 is 2.93 bits per heavy atom. The molecule has 0 spiro atoms. The van der Waals surface area contributed by atoms with Gasteiger partial charge >= 0.3 is 5.97 Å². The number of rotatable bonds is 1. The molecule has 2 aliphatic heterocycles. The van der Waals surface area contributed by atoms with Crippen LogP contribution < -0.4 is 5.73 Å². The Morgan fingerprint density at radius 1 is 1.43 bits per heavy atom. The van der Waals surface area contributed by atoms with Crippen LogP contribution in [-0.4, -0.2) is 42.1 Å². The van der Waals surface area contributed by atoms with Crippen molar-refractivity contribution in [3.63, 3.8) is 0 Å². The summed E-state index contributed by atoms with van der Waals surface area (Å²) < 4.78 is 5.29. The van der Waals surface area contributed by atoms with Gasteiger partial charge in [-0.2, -0.15) is 0 Å². The molecular weight excluding hydrogens is 180 g/mol. The predicted octanol–water partition coefficient (Wildman–Crippen LogP) is 0.114. The average Bonchev–Trinajstić information content (AvgIpc) is 2.47. The van der Waals surface area contributed by atoms with Gasteiger partial charge in [0.25, 0.3) is 0 Å². The Bertz CT molecular complexity index is 232. The van der Waals surface area contributed by atoms with Gasteiger partial charge in [-0.05, 0) is 19.3 Å². The Labute approximate surface area is 84.4 Å². The standard InChI is InChI=1S/C10H18N2O2/c1-7(13)14-10-4-5-12-6-8(11)2-3-9(10)12/h8-10H,2-6,11H2,1H3/t8-,9+,10-/m0/s1. The Kier molecular flexibility index (Phi) is 2.74. The molecular formula is C10H18N2O2. The number of hydrogen-bond donors (Lipinski definition) is 1. The fourth-order valence-electron chi connectivity index (χ4n) is 2.61. The van der Waals surface area contributed by atoms with Gasteiger partial charge in [-0.15, -0.1) is 0 Å². The first-order chi connectivity index (χ1) is 6.66. The van der Waals surface area contributed by atoms with E-state index in [4.69, 9.17) is 10.5 Å². The first kappa shape index (κ1) is 9.93. The number of esters is 1. The molecule has 2 heterocycles. The third-order valence-corrected chi connectivity index (χ3v) is 3.22. The number of carbonyl (C=O) groups is 1. The highest BCUT2D eigenvalue weighted by molar-refractivity contribution is 5.66. The van der Waals surface area contributed by atoms with Crippen molar-refractivity contribution in [1.82, 2.24) is 4.90 Å². The number of piperidine rings is 1. The topological polar surface area (TPSA) is 55.6 Å². The summed E-state index contributed by atoms with van der Waals surface area (Å²) in [5.41, 5.74) is 5.89. The van der Waals surface area contributed by atoms with Crippen molar-refractivity contribution in [1.29, 1.82) is 0 Å². The lowest BCUT2D eigenvalue weighted by atomic mass is 9.98. The molecule has 0 amide bonds. The van der Waals surface area contributed by atoms with Gasteiger partial charge in [0.05, 0.1) is 0 Å². The first-order valence-electron chi connectivity index (χ1n) is 5.33. The number of hydrogen-bond acceptors (Lipinski definition) is 4. The number of nitrogens with two attached hydrogens (primary N) is 1. The van der Waals surface area contributed by atoms with E-state index in [1.807, 2.05) is 0 Å². The minimum absolute atomic E-state index is 0.111. The summed E-state index contributed by atoms with van der Waals surface area (Å²) in [7, 11) is 0. The van der Waals surface area contributed by atoms with E-state index >= 15 is 0 Å². The molecule has 3 atom stereocenters. The van der Waals surface area contributed by atoms with Crippen LogP contribution in [0.2, 0.25) is 0 Å². The van der Waals surface area contributed by atoms with E-state index in [9.17, 15) is 4.79 Å². The zero-order valence-corrected chi connectivity index (χ0v) is 8.61. The zero-order chi connectivity index (χ0) is 10.1. The second-order valence-electron chi connectivity index (χ2n) is 4.34. The maximum Gasteiger partial charge on any atom is 0.302 e. The van der Waals surface area contributed by atoms with Gasteiger partial charge in [0.15, 0.2) is 0 Å². The van der Waals surface area contributed by atoms with E-state index in [0.29, 0.717) is 12.1 Å². The van der Waals surface area contributed by atoms with Crippen molar-refractivity contribution in [3.8, 4) is 0 Å². The molecule has 0 aliphatic carbocycles. The molecule has 0 aromatic rings. The monoisotopic (exact) mass is 198 g/mol. The molecule has 0 aromatic heterocycles. The Balaban J connectivity index is 1.95. The van der Waals surface area contributed by atoms with Crippen LogP contribution >= 0.6 is 0 Å². The summed E-state index contributed by atoms with van der Waals surface area (Å²) >= 11 is 0. The van der Waals surface area contributed by atoms with E-state index < -0.39 is 0 Å². The third-order valence-electron chi connectivity index (χ3n) is 3.22. The molecule has 14 heavy (non-hydrogen) atoms. The summed E-state index contributed by atoms with van der Waals surface area (Å²) in [5, 5.41) is 0. The van der Waals surface area contributed by atoms with Gasteiger partial charge < -0.3 is 10.5 Å². The molecule has 2 N–H and O–H groups in total. The van der Waals surface area contributed by atoms with Crippen LogP contribution in [-0.2, 0) is 9.53 Å². The second-order valence-corrected chi connectivity index (χ2v) is 4.34. The molecule has 0 aromatic carbocycles. The molecule has 80 valence electrons. The first-order valence-corrected chi connectivity index (χ1v) is 5.33. The fourth-order valence-corrected chi connectivity index (χ4v) is 2.61. The number of nitrogens with zero attached hydrogens (tertiary/aromatic N) is 1. The van der Waals surface area contributed by atoms with Gasteiger partial charge in [-0.1, -0.05) is 0 Å². The molecule has 0 radical (unpaired) electrons. The largest absolute Gasteiger partial charge is 0.461 e. The molecule has 2 saturated heterocycles. The summed E-state index contributed by atoms with van der Waals surface area (Å²) in [4.78, 5) is 13.2. The summed E-state index contributed by atoms with van der Waals surface area (Å²) in [6.07, 6.45) is 3.20. The Morgan fingerprint density at radius 2 is 2.21 bits per heavy atom. The summed E-state index contributed by atoms with van der Waals surface area (Å²) in [5.74, 6) is -0.160. The van der Waals surface area contributed by atoms with E-state index in [2.05, 4.69) is 4.90 Å². The third kappa shape index (κ3) is 1.91. The summed E-state index contributed by atoms with van der Waals surface area (Å²) in [6, 6.07) is 0.737. The van der Waals surface area contributed by atoms with E-state index in [0.717, 1.165) is 32.4 Å². The molecule has 2 fully saturated rings. The minimum Gasteiger partial charge on any atom is -0.461 e. The number of ether oxygens (including phenoxy) is 1. The normalized spacial score (nSPS) is 38.0. The fraction of sp³-hybridized carbons (Fsp3) is 0.900. The highest BCUT2D eigenvalue weighted by Gasteiger charge is 2.39. The minimum atomic E-state index is -0.160. The zero-order valence-electron chi connectivity index (χ0n) is 8.61. The lowest BCUT2D eigenvalue weighted by Crippen LogP contribution is -2.48. The molecule has 0 unspecified atom stereocenters. The highest BCUT2D eigenvalue weighted by atomic mass is 16.5. The molecule has 0 bridgehead atoms. The number of fused-ring (bicyclic) bond motifs is 1. The number of carbonyl (C=O) groups excluding carboxylic acids is 1. The van der Waals surface area contributed by atoms with Crippen LogP contribution in [0, 0.1) is 0 Å². The van der Waals surface area contributed by atoms with Gasteiger partial charge in [-0.3, -0.25) is 9.69 Å². The van der Waals surface area contributed by atoms with Crippen molar-refractivity contribution in [2.75, 3.05) is 13.1 Å². The molecule has 4 heteroatoms. The van der Waals surface area contributed by atoms with Crippen LogP contribution in [0.1, 0.15) is 26.2 Å². The maximum atomic E-state index is 10.9. The van der Waals surface area contributed by atoms with Crippen molar-refractivity contribution >= 4 is 5.97 Å². The van der Waals surface area contributed by atoms with E-state index in [1.54, 1.807) is 0 Å². The quantitative estimate of drug-likeness (QED) is 0.608. The van der Waals surface area contributed by atoms with Crippen molar-refractivity contribution in [3.05, 3.63) is 0 Å². The van der Waals surface area contributed by atoms with Crippen LogP contribution in [0.15, 0.2) is 0 Å². The van der Waals surface area contributed by atoms with Gasteiger partial charge in [0, 0.05) is 32.1 Å². The van der Waals surface area contributed by atoms with Crippen LogP contribution in [0.4, 0.5) is 0 Å². The lowest BCUT2D eigenvalue weighted by Gasteiger charge is -2.34. The van der Waals surface area contributed by atoms with Gasteiger partial charge in [0.1, 0.15) is 6.10 Å². The second kappa shape index (κ2) is 3.87. The van der Waals surface area contributed by atoms with Gasteiger partial charge in [-0.25, -0.2) is 0 Å². The van der Waals surface area contributed by atoms with Gasteiger partial charge in [0.2, 0.25) is 0 Å². The predicted molar refractivity (Wildman–Crippen MR) is 52.7 cm³/mol. The van der Waals surface area contributed by atoms with Crippen LogP contribution in [0.25, 0.3) is 0 Å². The van der Waals surface area contributed by atoms with E-state index in [-0.39, 0.29) is 12.1 Å². The lowest BCUT2D eigenvalue weighted by molar-refractivity contribution is -0.147. The van der Waals surface area contributed by atoms with Crippen molar-refractivity contribution in [2.24, 2.45) is 5.73 Å². The van der Waals surface area contributed by atoms with Crippen LogP contribution in [0.3, 0.4) is 0 Å². The smallest absolute Gasteiger partial charge is 0.302 e. The maximum absolute atomic E-state index is 10.9.